The maximum Gasteiger partial charge on any atom is 0.292 e. The Labute approximate surface area is 194 Å². The largest absolute Gasteiger partial charge is 0.451 e. The van der Waals surface area contributed by atoms with Crippen LogP contribution in [0.15, 0.2) is 71.1 Å². The lowest BCUT2D eigenvalue weighted by atomic mass is 10.0. The molecular formula is C24H23N7O3. The number of anilines is 2. The molecule has 4 aromatic rings. The molecule has 0 radical (unpaired) electrons. The number of carbonyl (C=O) groups excluding carboxylic acids is 2. The van der Waals surface area contributed by atoms with Crippen LogP contribution in [-0.4, -0.2) is 34.3 Å². The quantitative estimate of drug-likeness (QED) is 0.372. The van der Waals surface area contributed by atoms with Gasteiger partial charge in [-0.1, -0.05) is 36.4 Å². The molecule has 0 bridgehead atoms. The molecule has 2 amide bonds. The van der Waals surface area contributed by atoms with Crippen molar-refractivity contribution in [2.75, 3.05) is 16.9 Å². The van der Waals surface area contributed by atoms with Crippen molar-refractivity contribution in [3.63, 3.8) is 0 Å². The third-order valence-electron chi connectivity index (χ3n) is 6.11. The molecule has 2 fully saturated rings. The third kappa shape index (κ3) is 3.49. The Morgan fingerprint density at radius 3 is 2.74 bits per heavy atom. The molecule has 2 aliphatic rings. The molecule has 3 unspecified atom stereocenters. The Hall–Kier alpha value is -4.15. The lowest BCUT2D eigenvalue weighted by molar-refractivity contribution is -0.129. The number of carbonyl (C=O) groups is 2. The van der Waals surface area contributed by atoms with Crippen LogP contribution in [0.25, 0.3) is 11.0 Å². The van der Waals surface area contributed by atoms with Gasteiger partial charge in [0.15, 0.2) is 12.0 Å². The summed E-state index contributed by atoms with van der Waals surface area (Å²) in [7, 11) is 0. The van der Waals surface area contributed by atoms with Crippen molar-refractivity contribution in [1.29, 1.82) is 0 Å². The fourth-order valence-electron chi connectivity index (χ4n) is 4.51. The van der Waals surface area contributed by atoms with E-state index in [9.17, 15) is 9.59 Å². The minimum absolute atomic E-state index is 0.0950. The highest BCUT2D eigenvalue weighted by Crippen LogP contribution is 2.28. The number of furan rings is 1. The van der Waals surface area contributed by atoms with Crippen LogP contribution in [0.1, 0.15) is 22.5 Å². The zero-order valence-electron chi connectivity index (χ0n) is 18.4. The van der Waals surface area contributed by atoms with Gasteiger partial charge >= 0.3 is 0 Å². The summed E-state index contributed by atoms with van der Waals surface area (Å²) in [4.78, 5) is 25.9. The number of para-hydroxylation sites is 2. The second kappa shape index (κ2) is 8.01. The molecule has 3 atom stereocenters. The molecule has 0 aliphatic carbocycles. The number of rotatable bonds is 4. The van der Waals surface area contributed by atoms with E-state index in [1.165, 1.54) is 0 Å². The summed E-state index contributed by atoms with van der Waals surface area (Å²) in [6, 6.07) is 20.7. The summed E-state index contributed by atoms with van der Waals surface area (Å²) in [5, 5.41) is 16.6. The van der Waals surface area contributed by atoms with Crippen LogP contribution < -0.4 is 26.4 Å². The summed E-state index contributed by atoms with van der Waals surface area (Å²) in [6.07, 6.45) is -0.941. The predicted molar refractivity (Wildman–Crippen MR) is 126 cm³/mol. The van der Waals surface area contributed by atoms with Crippen LogP contribution in [0.5, 0.6) is 0 Å². The number of amides is 2. The van der Waals surface area contributed by atoms with E-state index in [4.69, 9.17) is 4.42 Å². The van der Waals surface area contributed by atoms with Crippen LogP contribution in [0, 0.1) is 12.8 Å². The highest BCUT2D eigenvalue weighted by atomic mass is 16.3. The number of fused-ring (bicyclic) bond motifs is 2. The zero-order chi connectivity index (χ0) is 23.2. The van der Waals surface area contributed by atoms with Crippen LogP contribution >= 0.6 is 0 Å². The first-order valence-electron chi connectivity index (χ1n) is 11.1. The average molecular weight is 457 g/mol. The van der Waals surface area contributed by atoms with Crippen molar-refractivity contribution in [2.24, 2.45) is 5.92 Å². The van der Waals surface area contributed by atoms with Crippen molar-refractivity contribution in [3.8, 4) is 0 Å². The molecule has 10 heteroatoms. The molecule has 2 saturated heterocycles. The van der Waals surface area contributed by atoms with Gasteiger partial charge in [-0.05, 0) is 31.2 Å². The van der Waals surface area contributed by atoms with Gasteiger partial charge in [0.2, 0.25) is 5.91 Å². The van der Waals surface area contributed by atoms with Crippen LogP contribution in [-0.2, 0) is 4.79 Å². The third-order valence-corrected chi connectivity index (χ3v) is 6.11. The Kier molecular flexibility index (Phi) is 4.82. The van der Waals surface area contributed by atoms with E-state index in [0.29, 0.717) is 23.6 Å². The van der Waals surface area contributed by atoms with Gasteiger partial charge in [0.25, 0.3) is 5.91 Å². The molecule has 6 rings (SSSR count). The molecule has 34 heavy (non-hydrogen) atoms. The number of hydrazine groups is 1. The smallest absolute Gasteiger partial charge is 0.292 e. The number of benzene rings is 2. The minimum Gasteiger partial charge on any atom is -0.451 e. The van der Waals surface area contributed by atoms with Crippen molar-refractivity contribution in [3.05, 3.63) is 78.2 Å². The number of nitrogens with one attached hydrogen (secondary N) is 4. The molecule has 2 aliphatic heterocycles. The molecule has 2 aromatic carbocycles. The van der Waals surface area contributed by atoms with Gasteiger partial charge in [-0.15, -0.1) is 0 Å². The Balaban J connectivity index is 1.26. The summed E-state index contributed by atoms with van der Waals surface area (Å²) < 4.78 is 7.26. The number of aromatic nitrogens is 2. The fraction of sp³-hybridized carbons (Fsp3) is 0.208. The topological polar surface area (TPSA) is 116 Å². The molecule has 4 heterocycles. The molecule has 10 nitrogen and oxygen atoms in total. The van der Waals surface area contributed by atoms with Crippen LogP contribution in [0.3, 0.4) is 0 Å². The molecule has 0 saturated carbocycles. The second-order valence-electron chi connectivity index (χ2n) is 8.42. The van der Waals surface area contributed by atoms with Gasteiger partial charge in [0.1, 0.15) is 17.6 Å². The van der Waals surface area contributed by atoms with Gasteiger partial charge in [0.05, 0.1) is 17.3 Å². The normalized spacial score (nSPS) is 22.0. The monoisotopic (exact) mass is 457 g/mol. The Morgan fingerprint density at radius 1 is 1.12 bits per heavy atom. The van der Waals surface area contributed by atoms with E-state index in [2.05, 4.69) is 26.5 Å². The summed E-state index contributed by atoms with van der Waals surface area (Å²) in [5.74, 6) is -0.131. The van der Waals surface area contributed by atoms with E-state index >= 15 is 0 Å². The zero-order valence-corrected chi connectivity index (χ0v) is 18.4. The molecule has 172 valence electrons. The number of hydrogen-bond acceptors (Lipinski definition) is 7. The first kappa shape index (κ1) is 20.5. The van der Waals surface area contributed by atoms with Crippen LogP contribution in [0.4, 0.5) is 11.5 Å². The van der Waals surface area contributed by atoms with Gasteiger partial charge in [-0.2, -0.15) is 5.10 Å². The molecule has 4 N–H and O–H groups in total. The number of aryl methyl sites for hydroxylation is 1. The number of nitrogens with zero attached hydrogens (tertiary/aromatic N) is 3. The summed E-state index contributed by atoms with van der Waals surface area (Å²) >= 11 is 0. The molecular weight excluding hydrogens is 434 g/mol. The van der Waals surface area contributed by atoms with Crippen molar-refractivity contribution >= 4 is 34.3 Å². The maximum absolute atomic E-state index is 12.9. The standard InChI is InChI=1S/C24H23N7O3/c1-14-11-20(26-23(33)19-12-15-7-5-6-10-18(15)34-19)31(29-14)24-27-21-17(22(32)28-24)13-25-30(21)16-8-3-2-4-9-16/h2-12,17,21,24-25,27H,13H2,1H3,(H,26,33)(H,28,32). The van der Waals surface area contributed by atoms with Gasteiger partial charge in [0, 0.05) is 18.0 Å². The lowest BCUT2D eigenvalue weighted by Gasteiger charge is -2.37. The first-order chi connectivity index (χ1) is 16.6. The van der Waals surface area contributed by atoms with E-state index in [1.807, 2.05) is 66.5 Å². The Bertz CT molecular complexity index is 1350. The maximum atomic E-state index is 12.9. The van der Waals surface area contributed by atoms with Gasteiger partial charge in [-0.25, -0.2) is 10.1 Å². The van der Waals surface area contributed by atoms with Crippen molar-refractivity contribution in [1.82, 2.24) is 25.8 Å². The van der Waals surface area contributed by atoms with Gasteiger partial charge in [-0.3, -0.25) is 19.9 Å². The van der Waals surface area contributed by atoms with Crippen LogP contribution in [0.2, 0.25) is 0 Å². The highest BCUT2D eigenvalue weighted by molar-refractivity contribution is 6.04. The lowest BCUT2D eigenvalue weighted by Crippen LogP contribution is -2.61. The SMILES string of the molecule is Cc1cc(NC(=O)c2cc3ccccc3o2)n(C2NC(=O)C3CNN(c4ccccc4)C3N2)n1. The van der Waals surface area contributed by atoms with E-state index in [0.717, 1.165) is 11.1 Å². The first-order valence-corrected chi connectivity index (χ1v) is 11.1. The highest BCUT2D eigenvalue weighted by Gasteiger charge is 2.45. The summed E-state index contributed by atoms with van der Waals surface area (Å²) in [5.41, 5.74) is 5.59. The van der Waals surface area contributed by atoms with E-state index in [1.54, 1.807) is 16.8 Å². The molecule has 2 aromatic heterocycles. The molecule has 0 spiro atoms. The summed E-state index contributed by atoms with van der Waals surface area (Å²) in [6.45, 7) is 2.34. The Morgan fingerprint density at radius 2 is 1.91 bits per heavy atom. The van der Waals surface area contributed by atoms with E-state index < -0.39 is 12.2 Å². The van der Waals surface area contributed by atoms with E-state index in [-0.39, 0.29) is 23.8 Å². The van der Waals surface area contributed by atoms with Crippen molar-refractivity contribution in [2.45, 2.75) is 19.4 Å². The minimum atomic E-state index is -0.653. The fourth-order valence-corrected chi connectivity index (χ4v) is 4.51. The predicted octanol–water partition coefficient (Wildman–Crippen LogP) is 2.33. The average Bonchev–Trinajstić information content (AvgIpc) is 3.56. The van der Waals surface area contributed by atoms with Crippen molar-refractivity contribution < 1.29 is 14.0 Å². The second-order valence-corrected chi connectivity index (χ2v) is 8.42. The van der Waals surface area contributed by atoms with Gasteiger partial charge < -0.3 is 15.1 Å². The number of hydrogen-bond donors (Lipinski definition) is 4.